The van der Waals surface area contributed by atoms with Crippen molar-refractivity contribution in [2.75, 3.05) is 0 Å². The molecule has 4 rings (SSSR count). The maximum atomic E-state index is 13.3. The fourth-order valence-electron chi connectivity index (χ4n) is 3.48. The highest BCUT2D eigenvalue weighted by Crippen LogP contribution is 2.45. The minimum absolute atomic E-state index is 0.00767. The van der Waals surface area contributed by atoms with E-state index < -0.39 is 18.3 Å². The number of aliphatic imine (C=N–C) groups is 1. The molecule has 2 atom stereocenters. The number of aliphatic hydroxyl groups is 1. The lowest BCUT2D eigenvalue weighted by molar-refractivity contribution is -0.337. The smallest absolute Gasteiger partial charge is 0.507 e. The van der Waals surface area contributed by atoms with E-state index in [-0.39, 0.29) is 41.5 Å². The van der Waals surface area contributed by atoms with Crippen LogP contribution in [0.3, 0.4) is 0 Å². The SMILES string of the molecule is Cc1ccc(C(O)=C2C=NC3CC4=C(CC3C2=O)OC(F)(F)O4)cc1C. The summed E-state index contributed by atoms with van der Waals surface area (Å²) in [5.74, 6) is -1.10. The Morgan fingerprint density at radius 3 is 2.58 bits per heavy atom. The van der Waals surface area contributed by atoms with Crippen molar-refractivity contribution >= 4 is 17.8 Å². The third-order valence-corrected chi connectivity index (χ3v) is 5.09. The lowest BCUT2D eigenvalue weighted by Crippen LogP contribution is -2.36. The standard InChI is InChI=1S/C19H17F2NO4/c1-9-3-4-11(5-10(9)2)17(23)13-8-22-14-7-16-15(6-12(14)18(13)24)25-19(20,21)26-16/h3-5,8,12,14,23H,6-7H2,1-2H3. The van der Waals surface area contributed by atoms with Gasteiger partial charge in [-0.15, -0.1) is 8.78 Å². The Balaban J connectivity index is 1.66. The predicted molar refractivity (Wildman–Crippen MR) is 89.6 cm³/mol. The first-order valence-corrected chi connectivity index (χ1v) is 8.31. The average Bonchev–Trinajstić information content (AvgIpc) is 2.88. The van der Waals surface area contributed by atoms with Gasteiger partial charge in [0.1, 0.15) is 17.3 Å². The van der Waals surface area contributed by atoms with E-state index in [1.54, 1.807) is 12.1 Å². The minimum Gasteiger partial charge on any atom is -0.507 e. The van der Waals surface area contributed by atoms with Gasteiger partial charge in [-0.1, -0.05) is 12.1 Å². The second kappa shape index (κ2) is 5.65. The van der Waals surface area contributed by atoms with Crippen molar-refractivity contribution in [1.29, 1.82) is 0 Å². The van der Waals surface area contributed by atoms with Crippen LogP contribution in [0.4, 0.5) is 8.78 Å². The van der Waals surface area contributed by atoms with Crippen molar-refractivity contribution in [3.63, 3.8) is 0 Å². The molecule has 0 aromatic heterocycles. The van der Waals surface area contributed by atoms with Gasteiger partial charge in [-0.2, -0.15) is 0 Å². The van der Waals surface area contributed by atoms with Gasteiger partial charge in [0, 0.05) is 24.6 Å². The van der Waals surface area contributed by atoms with E-state index in [1.807, 2.05) is 19.9 Å². The van der Waals surface area contributed by atoms with Gasteiger partial charge < -0.3 is 14.6 Å². The summed E-state index contributed by atoms with van der Waals surface area (Å²) in [4.78, 5) is 17.2. The summed E-state index contributed by atoms with van der Waals surface area (Å²) >= 11 is 0. The highest BCUT2D eigenvalue weighted by molar-refractivity contribution is 6.20. The molecule has 0 fully saturated rings. The molecule has 1 aromatic rings. The van der Waals surface area contributed by atoms with E-state index in [2.05, 4.69) is 14.5 Å². The van der Waals surface area contributed by atoms with E-state index in [9.17, 15) is 18.7 Å². The largest absolute Gasteiger partial charge is 0.585 e. The summed E-state index contributed by atoms with van der Waals surface area (Å²) in [6, 6.07) is 4.89. The van der Waals surface area contributed by atoms with Gasteiger partial charge >= 0.3 is 6.29 Å². The third-order valence-electron chi connectivity index (χ3n) is 5.09. The first-order valence-electron chi connectivity index (χ1n) is 8.31. The zero-order valence-electron chi connectivity index (χ0n) is 14.3. The molecule has 26 heavy (non-hydrogen) atoms. The normalized spacial score (nSPS) is 28.2. The fourth-order valence-corrected chi connectivity index (χ4v) is 3.48. The van der Waals surface area contributed by atoms with Crippen LogP contribution in [-0.4, -0.2) is 29.4 Å². The van der Waals surface area contributed by atoms with Gasteiger partial charge in [-0.05, 0) is 31.0 Å². The number of carbonyl (C=O) groups is 1. The Morgan fingerprint density at radius 1 is 1.19 bits per heavy atom. The number of rotatable bonds is 1. The third kappa shape index (κ3) is 2.67. The summed E-state index contributed by atoms with van der Waals surface area (Å²) in [7, 11) is 0. The second-order valence-electron chi connectivity index (χ2n) is 6.80. The molecule has 1 N–H and O–H groups in total. The van der Waals surface area contributed by atoms with Crippen molar-refractivity contribution < 1.29 is 28.2 Å². The summed E-state index contributed by atoms with van der Waals surface area (Å²) in [6.07, 6.45) is -2.30. The summed E-state index contributed by atoms with van der Waals surface area (Å²) < 4.78 is 35.5. The van der Waals surface area contributed by atoms with Crippen LogP contribution in [0, 0.1) is 19.8 Å². The number of hydrogen-bond donors (Lipinski definition) is 1. The number of aryl methyl sites for hydroxylation is 2. The summed E-state index contributed by atoms with van der Waals surface area (Å²) in [5, 5.41) is 10.6. The fraction of sp³-hybridized carbons (Fsp3) is 0.368. The molecule has 0 spiro atoms. The molecule has 2 aliphatic heterocycles. The van der Waals surface area contributed by atoms with Crippen molar-refractivity contribution in [2.24, 2.45) is 10.9 Å². The first-order chi connectivity index (χ1) is 12.2. The van der Waals surface area contributed by atoms with Crippen LogP contribution < -0.4 is 0 Å². The zero-order chi connectivity index (χ0) is 18.6. The Bertz CT molecular complexity index is 901. The number of ether oxygens (including phenoxy) is 2. The molecule has 136 valence electrons. The lowest BCUT2D eigenvalue weighted by Gasteiger charge is -2.30. The van der Waals surface area contributed by atoms with Gasteiger partial charge in [0.05, 0.1) is 17.5 Å². The highest BCUT2D eigenvalue weighted by Gasteiger charge is 2.51. The second-order valence-corrected chi connectivity index (χ2v) is 6.80. The van der Waals surface area contributed by atoms with Gasteiger partial charge in [0.25, 0.3) is 0 Å². The van der Waals surface area contributed by atoms with Crippen LogP contribution in [0.25, 0.3) is 5.76 Å². The number of allylic oxidation sites excluding steroid dienone is 2. The van der Waals surface area contributed by atoms with E-state index in [4.69, 9.17) is 0 Å². The number of fused-ring (bicyclic) bond motifs is 1. The Morgan fingerprint density at radius 2 is 1.88 bits per heavy atom. The molecule has 0 amide bonds. The molecule has 7 heteroatoms. The van der Waals surface area contributed by atoms with Crippen LogP contribution >= 0.6 is 0 Å². The molecular weight excluding hydrogens is 344 g/mol. The lowest BCUT2D eigenvalue weighted by atomic mass is 9.79. The average molecular weight is 361 g/mol. The van der Waals surface area contributed by atoms with Crippen molar-refractivity contribution in [3.05, 3.63) is 52.0 Å². The predicted octanol–water partition coefficient (Wildman–Crippen LogP) is 3.81. The first kappa shape index (κ1) is 16.8. The Labute approximate surface area is 148 Å². The van der Waals surface area contributed by atoms with Crippen molar-refractivity contribution in [3.8, 4) is 0 Å². The Kier molecular flexibility index (Phi) is 3.64. The number of ketones is 1. The number of benzene rings is 1. The monoisotopic (exact) mass is 361 g/mol. The molecule has 2 heterocycles. The van der Waals surface area contributed by atoms with Crippen molar-refractivity contribution in [1.82, 2.24) is 0 Å². The molecule has 1 aromatic carbocycles. The minimum atomic E-state index is -3.69. The number of halogens is 2. The quantitative estimate of drug-likeness (QED) is 0.610. The maximum absolute atomic E-state index is 13.3. The summed E-state index contributed by atoms with van der Waals surface area (Å²) in [6.45, 7) is 3.87. The molecule has 0 radical (unpaired) electrons. The zero-order valence-corrected chi connectivity index (χ0v) is 14.3. The number of Topliss-reactive ketones (excluding diaryl/α,β-unsaturated/α-hetero) is 1. The van der Waals surface area contributed by atoms with Crippen LogP contribution in [0.5, 0.6) is 0 Å². The van der Waals surface area contributed by atoms with Gasteiger partial charge in [0.2, 0.25) is 0 Å². The number of nitrogens with zero attached hydrogens (tertiary/aromatic N) is 1. The Hall–Kier alpha value is -2.70. The van der Waals surface area contributed by atoms with E-state index >= 15 is 0 Å². The highest BCUT2D eigenvalue weighted by atomic mass is 19.3. The molecular formula is C19H17F2NO4. The molecule has 2 unspecified atom stereocenters. The molecule has 0 saturated carbocycles. The topological polar surface area (TPSA) is 68.1 Å². The van der Waals surface area contributed by atoms with E-state index in [0.29, 0.717) is 5.56 Å². The van der Waals surface area contributed by atoms with Crippen LogP contribution in [-0.2, 0) is 14.3 Å². The molecule has 1 aliphatic carbocycles. The van der Waals surface area contributed by atoms with E-state index in [0.717, 1.165) is 11.1 Å². The number of hydrogen-bond acceptors (Lipinski definition) is 5. The molecule has 5 nitrogen and oxygen atoms in total. The molecule has 3 aliphatic rings. The van der Waals surface area contributed by atoms with Gasteiger partial charge in [0.15, 0.2) is 5.78 Å². The molecule has 0 bridgehead atoms. The number of aliphatic hydroxyl groups excluding tert-OH is 1. The van der Waals surface area contributed by atoms with Gasteiger partial charge in [-0.25, -0.2) is 0 Å². The number of carbonyl (C=O) groups excluding carboxylic acids is 1. The van der Waals surface area contributed by atoms with Crippen LogP contribution in [0.15, 0.2) is 40.3 Å². The maximum Gasteiger partial charge on any atom is 0.585 e. The van der Waals surface area contributed by atoms with Gasteiger partial charge in [-0.3, -0.25) is 9.79 Å². The van der Waals surface area contributed by atoms with Crippen LogP contribution in [0.2, 0.25) is 0 Å². The van der Waals surface area contributed by atoms with Crippen LogP contribution in [0.1, 0.15) is 29.5 Å². The number of alkyl halides is 2. The van der Waals surface area contributed by atoms with Crippen molar-refractivity contribution in [2.45, 2.75) is 39.0 Å². The summed E-state index contributed by atoms with van der Waals surface area (Å²) in [5.41, 5.74) is 2.66. The van der Waals surface area contributed by atoms with E-state index in [1.165, 1.54) is 6.21 Å². The molecule has 0 saturated heterocycles.